The highest BCUT2D eigenvalue weighted by atomic mass is 16.6. The summed E-state index contributed by atoms with van der Waals surface area (Å²) >= 11 is 0. The molecule has 3 rings (SSSR count). The number of carbonyl (C=O) groups excluding carboxylic acids is 1. The first kappa shape index (κ1) is 20.4. The zero-order valence-electron chi connectivity index (χ0n) is 16.9. The molecule has 0 bridgehead atoms. The van der Waals surface area contributed by atoms with Crippen LogP contribution < -0.4 is 14.8 Å². The molecule has 0 saturated heterocycles. The van der Waals surface area contributed by atoms with E-state index in [-0.39, 0.29) is 11.6 Å². The van der Waals surface area contributed by atoms with E-state index < -0.39 is 4.92 Å². The van der Waals surface area contributed by atoms with Crippen LogP contribution in [0.15, 0.2) is 30.3 Å². The Hall–Kier alpha value is -3.29. The summed E-state index contributed by atoms with van der Waals surface area (Å²) in [6.07, 6.45) is 0.678. The van der Waals surface area contributed by atoms with Crippen molar-refractivity contribution in [2.24, 2.45) is 0 Å². The predicted octanol–water partition coefficient (Wildman–Crippen LogP) is 3.63. The fraction of sp³-hybridized carbons (Fsp3) is 0.381. The van der Waals surface area contributed by atoms with Gasteiger partial charge in [-0.25, -0.2) is 0 Å². The smallest absolute Gasteiger partial charge is 0.270 e. The lowest BCUT2D eigenvalue weighted by molar-refractivity contribution is -0.384. The average molecular weight is 399 g/mol. The lowest BCUT2D eigenvalue weighted by Gasteiger charge is -2.30. The van der Waals surface area contributed by atoms with Crippen LogP contribution >= 0.6 is 0 Å². The Balaban J connectivity index is 1.90. The first-order valence-corrected chi connectivity index (χ1v) is 9.65. The molecule has 154 valence electrons. The van der Waals surface area contributed by atoms with Crippen LogP contribution in [-0.2, 0) is 13.0 Å². The Bertz CT molecular complexity index is 929. The largest absolute Gasteiger partial charge is 0.490 e. The van der Waals surface area contributed by atoms with Gasteiger partial charge in [0.2, 0.25) is 0 Å². The van der Waals surface area contributed by atoms with E-state index in [1.165, 1.54) is 12.1 Å². The minimum absolute atomic E-state index is 0.107. The third kappa shape index (κ3) is 4.26. The number of hydrogen-bond donors (Lipinski definition) is 1. The van der Waals surface area contributed by atoms with E-state index in [2.05, 4.69) is 5.32 Å². The van der Waals surface area contributed by atoms with Gasteiger partial charge < -0.3 is 19.7 Å². The number of ether oxygens (including phenoxy) is 2. The van der Waals surface area contributed by atoms with E-state index >= 15 is 0 Å². The normalized spacial score (nSPS) is 12.9. The molecule has 1 aliphatic heterocycles. The van der Waals surface area contributed by atoms with Gasteiger partial charge in [-0.1, -0.05) is 0 Å². The molecule has 0 radical (unpaired) electrons. The van der Waals surface area contributed by atoms with Gasteiger partial charge in [0.1, 0.15) is 0 Å². The molecule has 0 aliphatic carbocycles. The summed E-state index contributed by atoms with van der Waals surface area (Å²) in [6.45, 7) is 5.83. The highest BCUT2D eigenvalue weighted by Gasteiger charge is 2.26. The first-order chi connectivity index (χ1) is 14.0. The van der Waals surface area contributed by atoms with Crippen LogP contribution in [-0.4, -0.2) is 42.5 Å². The van der Waals surface area contributed by atoms with Gasteiger partial charge >= 0.3 is 0 Å². The van der Waals surface area contributed by atoms with Crippen molar-refractivity contribution in [3.8, 4) is 11.5 Å². The lowest BCUT2D eigenvalue weighted by atomic mass is 9.98. The molecule has 0 spiro atoms. The van der Waals surface area contributed by atoms with Crippen LogP contribution in [0.3, 0.4) is 0 Å². The average Bonchev–Trinajstić information content (AvgIpc) is 2.73. The molecule has 1 aliphatic rings. The SMILES string of the molecule is CCOc1cc2c(cc1OCC)CN(C(=O)c1cc([N+](=O)[O-])ccc1NC)CC2. The summed E-state index contributed by atoms with van der Waals surface area (Å²) in [5.41, 5.74) is 2.86. The molecule has 1 heterocycles. The lowest BCUT2D eigenvalue weighted by Crippen LogP contribution is -2.36. The van der Waals surface area contributed by atoms with Gasteiger partial charge in [0.05, 0.1) is 23.7 Å². The molecule has 8 heteroatoms. The van der Waals surface area contributed by atoms with E-state index in [0.29, 0.717) is 55.5 Å². The summed E-state index contributed by atoms with van der Waals surface area (Å²) in [5.74, 6) is 1.13. The molecular formula is C21H25N3O5. The van der Waals surface area contributed by atoms with Crippen LogP contribution in [0.4, 0.5) is 11.4 Å². The fourth-order valence-corrected chi connectivity index (χ4v) is 3.49. The number of nitro groups is 1. The number of anilines is 1. The van der Waals surface area contributed by atoms with Crippen molar-refractivity contribution < 1.29 is 19.2 Å². The summed E-state index contributed by atoms with van der Waals surface area (Å²) in [5, 5.41) is 14.1. The molecular weight excluding hydrogens is 374 g/mol. The van der Waals surface area contributed by atoms with Crippen molar-refractivity contribution in [3.05, 3.63) is 57.1 Å². The quantitative estimate of drug-likeness (QED) is 0.564. The van der Waals surface area contributed by atoms with E-state index in [4.69, 9.17) is 9.47 Å². The summed E-state index contributed by atoms with van der Waals surface area (Å²) in [7, 11) is 1.69. The van der Waals surface area contributed by atoms with Crippen LogP contribution in [0.5, 0.6) is 11.5 Å². The number of amides is 1. The van der Waals surface area contributed by atoms with Gasteiger partial charge in [0.25, 0.3) is 11.6 Å². The zero-order chi connectivity index (χ0) is 21.0. The molecule has 1 amide bonds. The molecule has 0 unspecified atom stereocenters. The Morgan fingerprint density at radius 2 is 1.79 bits per heavy atom. The van der Waals surface area contributed by atoms with Crippen molar-refractivity contribution in [2.75, 3.05) is 32.1 Å². The summed E-state index contributed by atoms with van der Waals surface area (Å²) in [4.78, 5) is 25.5. The van der Waals surface area contributed by atoms with E-state index in [1.54, 1.807) is 18.0 Å². The highest BCUT2D eigenvalue weighted by Crippen LogP contribution is 2.34. The number of non-ortho nitro benzene ring substituents is 1. The van der Waals surface area contributed by atoms with Gasteiger partial charge in [0, 0.05) is 38.0 Å². The topological polar surface area (TPSA) is 93.9 Å². The Labute approximate surface area is 169 Å². The third-order valence-electron chi connectivity index (χ3n) is 4.88. The van der Waals surface area contributed by atoms with E-state index in [1.807, 2.05) is 26.0 Å². The molecule has 0 saturated carbocycles. The zero-order valence-corrected chi connectivity index (χ0v) is 16.9. The monoisotopic (exact) mass is 399 g/mol. The molecule has 2 aromatic carbocycles. The molecule has 2 aromatic rings. The molecule has 29 heavy (non-hydrogen) atoms. The van der Waals surface area contributed by atoms with Crippen LogP contribution in [0.2, 0.25) is 0 Å². The van der Waals surface area contributed by atoms with Crippen molar-refractivity contribution in [3.63, 3.8) is 0 Å². The number of nitrogens with zero attached hydrogens (tertiary/aromatic N) is 2. The number of nitrogens with one attached hydrogen (secondary N) is 1. The number of nitro benzene ring substituents is 1. The van der Waals surface area contributed by atoms with Crippen LogP contribution in [0.1, 0.15) is 35.3 Å². The number of fused-ring (bicyclic) bond motifs is 1. The van der Waals surface area contributed by atoms with Crippen molar-refractivity contribution in [1.82, 2.24) is 4.90 Å². The summed E-state index contributed by atoms with van der Waals surface area (Å²) < 4.78 is 11.4. The third-order valence-corrected chi connectivity index (χ3v) is 4.88. The standard InChI is InChI=1S/C21H25N3O5/c1-4-28-19-10-14-8-9-23(13-15(14)11-20(19)29-5-2)21(25)17-12-16(24(26)27)6-7-18(17)22-3/h6-7,10-12,22H,4-5,8-9,13H2,1-3H3. The van der Waals surface area contributed by atoms with E-state index in [9.17, 15) is 14.9 Å². The maximum Gasteiger partial charge on any atom is 0.270 e. The second-order valence-electron chi connectivity index (χ2n) is 6.65. The minimum Gasteiger partial charge on any atom is -0.490 e. The fourth-order valence-electron chi connectivity index (χ4n) is 3.49. The van der Waals surface area contributed by atoms with Gasteiger partial charge in [0.15, 0.2) is 11.5 Å². The van der Waals surface area contributed by atoms with Gasteiger partial charge in [-0.2, -0.15) is 0 Å². The Morgan fingerprint density at radius 1 is 1.14 bits per heavy atom. The van der Waals surface area contributed by atoms with Crippen molar-refractivity contribution >= 4 is 17.3 Å². The maximum absolute atomic E-state index is 13.2. The minimum atomic E-state index is -0.495. The van der Waals surface area contributed by atoms with E-state index in [0.717, 1.165) is 11.1 Å². The molecule has 0 aromatic heterocycles. The molecule has 0 atom stereocenters. The number of rotatable bonds is 7. The predicted molar refractivity (Wildman–Crippen MR) is 110 cm³/mol. The molecule has 8 nitrogen and oxygen atoms in total. The molecule has 1 N–H and O–H groups in total. The Kier molecular flexibility index (Phi) is 6.21. The highest BCUT2D eigenvalue weighted by molar-refractivity contribution is 6.00. The van der Waals surface area contributed by atoms with Gasteiger partial charge in [-0.15, -0.1) is 0 Å². The van der Waals surface area contributed by atoms with Crippen LogP contribution in [0.25, 0.3) is 0 Å². The van der Waals surface area contributed by atoms with Gasteiger partial charge in [-0.05, 0) is 49.6 Å². The number of benzene rings is 2. The van der Waals surface area contributed by atoms with Crippen molar-refractivity contribution in [1.29, 1.82) is 0 Å². The van der Waals surface area contributed by atoms with Gasteiger partial charge in [-0.3, -0.25) is 14.9 Å². The van der Waals surface area contributed by atoms with Crippen LogP contribution in [0, 0.1) is 10.1 Å². The molecule has 0 fully saturated rings. The number of hydrogen-bond acceptors (Lipinski definition) is 6. The second kappa shape index (κ2) is 8.81. The second-order valence-corrected chi connectivity index (χ2v) is 6.65. The Morgan fingerprint density at radius 3 is 2.38 bits per heavy atom. The first-order valence-electron chi connectivity index (χ1n) is 9.65. The maximum atomic E-state index is 13.2. The number of carbonyl (C=O) groups is 1. The summed E-state index contributed by atoms with van der Waals surface area (Å²) in [6, 6.07) is 8.18. The van der Waals surface area contributed by atoms with Crippen molar-refractivity contribution in [2.45, 2.75) is 26.8 Å².